The lowest BCUT2D eigenvalue weighted by Crippen LogP contribution is -2.42. The minimum Gasteiger partial charge on any atom is -0.313 e. The average molecular weight is 243 g/mol. The predicted molar refractivity (Wildman–Crippen MR) is 76.9 cm³/mol. The smallest absolute Gasteiger partial charge is 0.00789 e. The summed E-state index contributed by atoms with van der Waals surface area (Å²) in [6.45, 7) is 5.79. The van der Waals surface area contributed by atoms with Gasteiger partial charge in [-0.25, -0.2) is 0 Å². The van der Waals surface area contributed by atoms with E-state index in [0.717, 1.165) is 12.0 Å². The predicted octanol–water partition coefficient (Wildman–Crippen LogP) is 4.02. The molecule has 0 saturated heterocycles. The normalized spacial score (nSPS) is 28.8. The van der Waals surface area contributed by atoms with Crippen LogP contribution in [0.2, 0.25) is 0 Å². The van der Waals surface area contributed by atoms with Crippen molar-refractivity contribution in [3.63, 3.8) is 0 Å². The van der Waals surface area contributed by atoms with Crippen LogP contribution >= 0.6 is 0 Å². The average Bonchev–Trinajstić information content (AvgIpc) is 3.08. The number of nitrogens with one attached hydrogen (secondary N) is 1. The van der Waals surface area contributed by atoms with E-state index in [9.17, 15) is 0 Å². The molecule has 0 heterocycles. The minimum atomic E-state index is 0.689. The third-order valence-electron chi connectivity index (χ3n) is 5.12. The van der Waals surface area contributed by atoms with Crippen LogP contribution in [0.15, 0.2) is 24.3 Å². The Balaban J connectivity index is 1.46. The zero-order valence-corrected chi connectivity index (χ0v) is 11.7. The molecule has 0 aromatic heterocycles. The molecule has 0 radical (unpaired) electrons. The molecule has 0 amide bonds. The fraction of sp³-hybridized carbons (Fsp3) is 0.647. The zero-order chi connectivity index (χ0) is 12.6. The molecular weight excluding hydrogens is 218 g/mol. The van der Waals surface area contributed by atoms with Gasteiger partial charge in [0, 0.05) is 12.6 Å². The van der Waals surface area contributed by atoms with Gasteiger partial charge in [-0.15, -0.1) is 0 Å². The van der Waals surface area contributed by atoms with Crippen molar-refractivity contribution in [2.75, 3.05) is 6.54 Å². The topological polar surface area (TPSA) is 12.0 Å². The molecule has 2 aliphatic carbocycles. The first-order valence-electron chi connectivity index (χ1n) is 7.51. The van der Waals surface area contributed by atoms with Crippen LogP contribution in [0.5, 0.6) is 0 Å². The second-order valence-corrected chi connectivity index (χ2v) is 6.51. The van der Waals surface area contributed by atoms with Gasteiger partial charge in [-0.05, 0) is 55.9 Å². The largest absolute Gasteiger partial charge is 0.313 e. The Labute approximate surface area is 111 Å². The minimum absolute atomic E-state index is 0.689. The number of rotatable bonds is 5. The van der Waals surface area contributed by atoms with Crippen molar-refractivity contribution in [2.24, 2.45) is 5.41 Å². The monoisotopic (exact) mass is 243 g/mol. The molecule has 1 heteroatoms. The summed E-state index contributed by atoms with van der Waals surface area (Å²) >= 11 is 0. The van der Waals surface area contributed by atoms with Crippen LogP contribution in [0.25, 0.3) is 0 Å². The van der Waals surface area contributed by atoms with Crippen molar-refractivity contribution in [3.8, 4) is 0 Å². The van der Waals surface area contributed by atoms with Gasteiger partial charge in [0.25, 0.3) is 0 Å². The van der Waals surface area contributed by atoms with Gasteiger partial charge < -0.3 is 5.32 Å². The first kappa shape index (κ1) is 12.2. The molecule has 0 aliphatic heterocycles. The van der Waals surface area contributed by atoms with Crippen LogP contribution < -0.4 is 5.32 Å². The van der Waals surface area contributed by atoms with Crippen molar-refractivity contribution >= 4 is 0 Å². The molecule has 1 nitrogen and oxygen atoms in total. The fourth-order valence-electron chi connectivity index (χ4n) is 3.17. The first-order chi connectivity index (χ1) is 8.71. The third kappa shape index (κ3) is 2.47. The van der Waals surface area contributed by atoms with E-state index in [4.69, 9.17) is 0 Å². The summed E-state index contributed by atoms with van der Waals surface area (Å²) in [4.78, 5) is 0. The first-order valence-corrected chi connectivity index (χ1v) is 7.51. The molecule has 0 atom stereocenters. The molecule has 1 aromatic carbocycles. The Morgan fingerprint density at radius 2 is 2.06 bits per heavy atom. The second-order valence-electron chi connectivity index (χ2n) is 6.51. The van der Waals surface area contributed by atoms with E-state index in [1.54, 1.807) is 5.56 Å². The molecule has 2 fully saturated rings. The molecule has 18 heavy (non-hydrogen) atoms. The van der Waals surface area contributed by atoms with Crippen molar-refractivity contribution < 1.29 is 0 Å². The lowest BCUT2D eigenvalue weighted by Gasteiger charge is -2.37. The van der Waals surface area contributed by atoms with Gasteiger partial charge in [-0.3, -0.25) is 0 Å². The summed E-state index contributed by atoms with van der Waals surface area (Å²) in [6.07, 6.45) is 6.93. The summed E-state index contributed by atoms with van der Waals surface area (Å²) in [6, 6.07) is 9.81. The van der Waals surface area contributed by atoms with E-state index in [2.05, 4.69) is 43.4 Å². The van der Waals surface area contributed by atoms with Gasteiger partial charge in [0.1, 0.15) is 0 Å². The molecule has 98 valence electrons. The van der Waals surface area contributed by atoms with Crippen LogP contribution in [-0.2, 0) is 0 Å². The third-order valence-corrected chi connectivity index (χ3v) is 5.12. The quantitative estimate of drug-likeness (QED) is 0.823. The van der Waals surface area contributed by atoms with Crippen molar-refractivity contribution in [1.82, 2.24) is 5.32 Å². The number of aryl methyl sites for hydroxylation is 1. The second kappa shape index (κ2) is 4.70. The van der Waals surface area contributed by atoms with Gasteiger partial charge >= 0.3 is 0 Å². The van der Waals surface area contributed by atoms with Gasteiger partial charge in [-0.1, -0.05) is 36.8 Å². The number of hydrogen-bond donors (Lipinski definition) is 1. The highest BCUT2D eigenvalue weighted by Gasteiger charge is 2.41. The standard InChI is InChI=1S/C17H25N/c1-3-17(7-8-17)12-18-16-10-15(11-16)14-6-4-5-13(2)9-14/h4-6,9,15-16,18H,3,7-8,10-12H2,1-2H3. The van der Waals surface area contributed by atoms with Crippen LogP contribution in [0, 0.1) is 12.3 Å². The van der Waals surface area contributed by atoms with E-state index in [1.807, 2.05) is 0 Å². The maximum atomic E-state index is 3.79. The zero-order valence-electron chi connectivity index (χ0n) is 11.7. The lowest BCUT2D eigenvalue weighted by molar-refractivity contribution is 0.268. The Morgan fingerprint density at radius 1 is 1.28 bits per heavy atom. The Hall–Kier alpha value is -0.820. The van der Waals surface area contributed by atoms with Gasteiger partial charge in [0.05, 0.1) is 0 Å². The van der Waals surface area contributed by atoms with Gasteiger partial charge in [0.15, 0.2) is 0 Å². The van der Waals surface area contributed by atoms with E-state index >= 15 is 0 Å². The molecule has 1 aromatic rings. The molecule has 2 aliphatic rings. The maximum absolute atomic E-state index is 3.79. The Morgan fingerprint density at radius 3 is 2.67 bits per heavy atom. The van der Waals surface area contributed by atoms with Crippen LogP contribution in [0.4, 0.5) is 0 Å². The molecular formula is C17H25N. The van der Waals surface area contributed by atoms with Crippen molar-refractivity contribution in [1.29, 1.82) is 0 Å². The Bertz CT molecular complexity index is 413. The summed E-state index contributed by atoms with van der Waals surface area (Å²) in [5.74, 6) is 0.805. The lowest BCUT2D eigenvalue weighted by atomic mass is 9.75. The highest BCUT2D eigenvalue weighted by Crippen LogP contribution is 2.48. The van der Waals surface area contributed by atoms with Crippen LogP contribution in [0.1, 0.15) is 56.1 Å². The number of benzene rings is 1. The van der Waals surface area contributed by atoms with Crippen LogP contribution in [-0.4, -0.2) is 12.6 Å². The molecule has 0 unspecified atom stereocenters. The SMILES string of the molecule is CCC1(CNC2CC(c3cccc(C)c3)C2)CC1. The summed E-state index contributed by atoms with van der Waals surface area (Å²) in [5, 5.41) is 3.79. The van der Waals surface area contributed by atoms with E-state index in [-0.39, 0.29) is 0 Å². The summed E-state index contributed by atoms with van der Waals surface area (Å²) < 4.78 is 0. The van der Waals surface area contributed by atoms with Gasteiger partial charge in [0.2, 0.25) is 0 Å². The molecule has 1 N–H and O–H groups in total. The highest BCUT2D eigenvalue weighted by molar-refractivity contribution is 5.27. The fourth-order valence-corrected chi connectivity index (χ4v) is 3.17. The maximum Gasteiger partial charge on any atom is 0.00789 e. The van der Waals surface area contributed by atoms with Crippen molar-refractivity contribution in [3.05, 3.63) is 35.4 Å². The molecule has 0 spiro atoms. The molecule has 2 saturated carbocycles. The van der Waals surface area contributed by atoms with Gasteiger partial charge in [-0.2, -0.15) is 0 Å². The van der Waals surface area contributed by atoms with Crippen molar-refractivity contribution in [2.45, 2.75) is 57.9 Å². The summed E-state index contributed by atoms with van der Waals surface area (Å²) in [7, 11) is 0. The number of hydrogen-bond acceptors (Lipinski definition) is 1. The molecule has 3 rings (SSSR count). The van der Waals surface area contributed by atoms with Crippen LogP contribution in [0.3, 0.4) is 0 Å². The highest BCUT2D eigenvalue weighted by atomic mass is 15.0. The van der Waals surface area contributed by atoms with E-state index < -0.39 is 0 Å². The summed E-state index contributed by atoms with van der Waals surface area (Å²) in [5.41, 5.74) is 3.63. The van der Waals surface area contributed by atoms with E-state index in [1.165, 1.54) is 44.2 Å². The van der Waals surface area contributed by atoms with E-state index in [0.29, 0.717) is 5.41 Å². The molecule has 0 bridgehead atoms. The Kier molecular flexibility index (Phi) is 3.19.